The second-order valence-corrected chi connectivity index (χ2v) is 5.91. The monoisotopic (exact) mass is 307 g/mol. The summed E-state index contributed by atoms with van der Waals surface area (Å²) >= 11 is 0. The van der Waals surface area contributed by atoms with Crippen LogP contribution in [0.2, 0.25) is 0 Å². The summed E-state index contributed by atoms with van der Waals surface area (Å²) in [7, 11) is 0. The lowest BCUT2D eigenvalue weighted by atomic mass is 10.1. The number of rotatable bonds is 4. The van der Waals surface area contributed by atoms with Crippen LogP contribution in [0.15, 0.2) is 48.5 Å². The number of aromatic nitrogens is 2. The summed E-state index contributed by atoms with van der Waals surface area (Å²) in [4.78, 5) is 19.6. The number of hydrogen-bond acceptors (Lipinski definition) is 3. The average molecular weight is 307 g/mol. The Morgan fingerprint density at radius 1 is 1.26 bits per heavy atom. The van der Waals surface area contributed by atoms with Gasteiger partial charge in [0.25, 0.3) is 5.91 Å². The van der Waals surface area contributed by atoms with E-state index in [0.29, 0.717) is 17.3 Å². The van der Waals surface area contributed by atoms with Crippen LogP contribution in [-0.4, -0.2) is 27.0 Å². The van der Waals surface area contributed by atoms with Gasteiger partial charge in [-0.15, -0.1) is 0 Å². The maximum absolute atomic E-state index is 12.4. The smallest absolute Gasteiger partial charge is 0.251 e. The lowest BCUT2D eigenvalue weighted by molar-refractivity contribution is 0.0950. The van der Waals surface area contributed by atoms with E-state index in [1.807, 2.05) is 18.2 Å². The Bertz CT molecular complexity index is 857. The van der Waals surface area contributed by atoms with Crippen LogP contribution in [0.1, 0.15) is 34.1 Å². The largest absolute Gasteiger partial charge is 0.388 e. The molecule has 1 aromatic heterocycles. The van der Waals surface area contributed by atoms with E-state index in [0.717, 1.165) is 17.5 Å². The third-order valence-corrected chi connectivity index (χ3v) is 4.28. The number of H-pyrrole nitrogens is 1. The topological polar surface area (TPSA) is 78.0 Å². The van der Waals surface area contributed by atoms with Crippen LogP contribution in [0.3, 0.4) is 0 Å². The van der Waals surface area contributed by atoms with Crippen molar-refractivity contribution >= 4 is 16.9 Å². The molecule has 1 heterocycles. The van der Waals surface area contributed by atoms with Gasteiger partial charge in [0.15, 0.2) is 0 Å². The molecule has 1 aliphatic rings. The van der Waals surface area contributed by atoms with E-state index in [1.54, 1.807) is 18.2 Å². The summed E-state index contributed by atoms with van der Waals surface area (Å²) in [5.74, 6) is 0.844. The van der Waals surface area contributed by atoms with Crippen LogP contribution in [0.5, 0.6) is 0 Å². The van der Waals surface area contributed by atoms with Gasteiger partial charge < -0.3 is 15.4 Å². The molecular formula is C18H17N3O2. The van der Waals surface area contributed by atoms with E-state index in [-0.39, 0.29) is 18.6 Å². The number of fused-ring (bicyclic) bond motifs is 1. The normalized spacial score (nSPS) is 19.7. The molecule has 0 spiro atoms. The second-order valence-electron chi connectivity index (χ2n) is 5.91. The molecule has 116 valence electrons. The summed E-state index contributed by atoms with van der Waals surface area (Å²) in [5, 5.41) is 12.2. The first kappa shape index (κ1) is 14.0. The zero-order valence-electron chi connectivity index (χ0n) is 12.5. The van der Waals surface area contributed by atoms with Crippen molar-refractivity contribution in [3.05, 3.63) is 65.5 Å². The minimum Gasteiger partial charge on any atom is -0.388 e. The van der Waals surface area contributed by atoms with E-state index in [4.69, 9.17) is 5.11 Å². The van der Waals surface area contributed by atoms with Gasteiger partial charge in [-0.05, 0) is 30.2 Å². The van der Waals surface area contributed by atoms with Crippen LogP contribution in [0.25, 0.3) is 11.0 Å². The Labute approximate surface area is 133 Å². The molecule has 3 aromatic rings. The highest BCUT2D eigenvalue weighted by molar-refractivity contribution is 5.97. The number of aromatic amines is 1. The van der Waals surface area contributed by atoms with Crippen molar-refractivity contribution in [2.75, 3.05) is 0 Å². The summed E-state index contributed by atoms with van der Waals surface area (Å²) in [5.41, 5.74) is 3.38. The first-order valence-electron chi connectivity index (χ1n) is 7.70. The molecule has 1 aliphatic carbocycles. The molecule has 23 heavy (non-hydrogen) atoms. The van der Waals surface area contributed by atoms with Gasteiger partial charge in [-0.25, -0.2) is 4.98 Å². The fourth-order valence-corrected chi connectivity index (χ4v) is 2.95. The Morgan fingerprint density at radius 3 is 2.87 bits per heavy atom. The molecule has 4 rings (SSSR count). The van der Waals surface area contributed by atoms with E-state index >= 15 is 0 Å². The molecule has 2 atom stereocenters. The van der Waals surface area contributed by atoms with Crippen molar-refractivity contribution in [1.29, 1.82) is 0 Å². The van der Waals surface area contributed by atoms with Crippen LogP contribution >= 0.6 is 0 Å². The minimum absolute atomic E-state index is 0.0736. The summed E-state index contributed by atoms with van der Waals surface area (Å²) in [6.45, 7) is -0.142. The highest BCUT2D eigenvalue weighted by Gasteiger charge is 2.39. The number of benzene rings is 2. The molecule has 1 amide bonds. The zero-order valence-corrected chi connectivity index (χ0v) is 12.5. The number of nitrogens with one attached hydrogen (secondary N) is 2. The standard InChI is InChI=1S/C18H17N3O2/c22-10-17-19-14-7-6-12(8-16(14)20-17)18(23)21-15-9-13(15)11-4-2-1-3-5-11/h1-8,13,15,22H,9-10H2,(H,19,20)(H,21,23)/t13-,15+/m0/s1. The van der Waals surface area contributed by atoms with Crippen LogP contribution in [0.4, 0.5) is 0 Å². The lowest BCUT2D eigenvalue weighted by Crippen LogP contribution is -2.26. The molecule has 0 aliphatic heterocycles. The number of carbonyl (C=O) groups is 1. The van der Waals surface area contributed by atoms with Gasteiger partial charge in [-0.2, -0.15) is 0 Å². The van der Waals surface area contributed by atoms with Crippen molar-refractivity contribution < 1.29 is 9.90 Å². The predicted octanol–water partition coefficient (Wildman–Crippen LogP) is 2.34. The number of aliphatic hydroxyl groups excluding tert-OH is 1. The molecule has 5 nitrogen and oxygen atoms in total. The van der Waals surface area contributed by atoms with Crippen LogP contribution in [0, 0.1) is 0 Å². The summed E-state index contributed by atoms with van der Waals surface area (Å²) in [6.07, 6.45) is 0.983. The van der Waals surface area contributed by atoms with Crippen molar-refractivity contribution in [3.63, 3.8) is 0 Å². The lowest BCUT2D eigenvalue weighted by Gasteiger charge is -2.05. The van der Waals surface area contributed by atoms with Crippen molar-refractivity contribution in [2.45, 2.75) is 25.0 Å². The first-order chi connectivity index (χ1) is 11.2. The maximum Gasteiger partial charge on any atom is 0.251 e. The second kappa shape index (κ2) is 5.52. The molecular weight excluding hydrogens is 290 g/mol. The third kappa shape index (κ3) is 2.71. The van der Waals surface area contributed by atoms with Crippen molar-refractivity contribution in [2.24, 2.45) is 0 Å². The van der Waals surface area contributed by atoms with Crippen LogP contribution < -0.4 is 5.32 Å². The molecule has 0 radical (unpaired) electrons. The Morgan fingerprint density at radius 2 is 2.09 bits per heavy atom. The first-order valence-corrected chi connectivity index (χ1v) is 7.70. The summed E-state index contributed by atoms with van der Waals surface area (Å²) < 4.78 is 0. The molecule has 1 saturated carbocycles. The SMILES string of the molecule is O=C(N[C@@H]1C[C@H]1c1ccccc1)c1ccc2nc(CO)[nH]c2c1. The van der Waals surface area contributed by atoms with E-state index in [2.05, 4.69) is 27.4 Å². The molecule has 3 N–H and O–H groups in total. The van der Waals surface area contributed by atoms with Crippen molar-refractivity contribution in [3.8, 4) is 0 Å². The van der Waals surface area contributed by atoms with Gasteiger partial charge in [-0.3, -0.25) is 4.79 Å². The van der Waals surface area contributed by atoms with Crippen molar-refractivity contribution in [1.82, 2.24) is 15.3 Å². The predicted molar refractivity (Wildman–Crippen MR) is 87.1 cm³/mol. The molecule has 0 bridgehead atoms. The maximum atomic E-state index is 12.4. The number of nitrogens with zero attached hydrogens (tertiary/aromatic N) is 1. The van der Waals surface area contributed by atoms with E-state index in [9.17, 15) is 4.79 Å². The van der Waals surface area contributed by atoms with Gasteiger partial charge in [0.1, 0.15) is 12.4 Å². The molecule has 1 fully saturated rings. The Hall–Kier alpha value is -2.66. The molecule has 0 unspecified atom stereocenters. The average Bonchev–Trinajstić information content (AvgIpc) is 3.22. The van der Waals surface area contributed by atoms with E-state index < -0.39 is 0 Å². The highest BCUT2D eigenvalue weighted by atomic mass is 16.3. The van der Waals surface area contributed by atoms with E-state index in [1.165, 1.54) is 5.56 Å². The third-order valence-electron chi connectivity index (χ3n) is 4.28. The molecule has 2 aromatic carbocycles. The minimum atomic E-state index is -0.142. The fraction of sp³-hybridized carbons (Fsp3) is 0.222. The van der Waals surface area contributed by atoms with Gasteiger partial charge in [0.05, 0.1) is 11.0 Å². The highest BCUT2D eigenvalue weighted by Crippen LogP contribution is 2.40. The van der Waals surface area contributed by atoms with Gasteiger partial charge in [0, 0.05) is 17.5 Å². The summed E-state index contributed by atoms with van der Waals surface area (Å²) in [6, 6.07) is 15.8. The van der Waals surface area contributed by atoms with Gasteiger partial charge in [0.2, 0.25) is 0 Å². The fourth-order valence-electron chi connectivity index (χ4n) is 2.95. The zero-order chi connectivity index (χ0) is 15.8. The number of hydrogen-bond donors (Lipinski definition) is 3. The van der Waals surface area contributed by atoms with Gasteiger partial charge in [-0.1, -0.05) is 30.3 Å². The number of carbonyl (C=O) groups excluding carboxylic acids is 1. The number of amides is 1. The number of aliphatic hydroxyl groups is 1. The quantitative estimate of drug-likeness (QED) is 0.692. The van der Waals surface area contributed by atoms with Crippen LogP contribution in [-0.2, 0) is 6.61 Å². The molecule has 0 saturated heterocycles. The Kier molecular flexibility index (Phi) is 3.35. The number of imidazole rings is 1. The van der Waals surface area contributed by atoms with Gasteiger partial charge >= 0.3 is 0 Å². The molecule has 5 heteroatoms. The Balaban J connectivity index is 1.47.